The highest BCUT2D eigenvalue weighted by Gasteiger charge is 2.36. The van der Waals surface area contributed by atoms with E-state index in [-0.39, 0.29) is 5.41 Å². The van der Waals surface area contributed by atoms with Gasteiger partial charge in [0.25, 0.3) is 0 Å². The average Bonchev–Trinajstić information content (AvgIpc) is 2.59. The molecule has 21 heavy (non-hydrogen) atoms. The van der Waals surface area contributed by atoms with Crippen LogP contribution in [0.2, 0.25) is 0 Å². The van der Waals surface area contributed by atoms with E-state index in [2.05, 4.69) is 53.3 Å². The smallest absolute Gasteiger partial charge is 0.0793 e. The molecule has 1 aromatic carbocycles. The predicted molar refractivity (Wildman–Crippen MR) is 85.1 cm³/mol. The summed E-state index contributed by atoms with van der Waals surface area (Å²) in [6.45, 7) is 2.19. The number of pyridine rings is 2. The normalized spacial score (nSPS) is 11.3. The molecule has 0 saturated carbocycles. The predicted octanol–water partition coefficient (Wildman–Crippen LogP) is 4.22. The van der Waals surface area contributed by atoms with E-state index < -0.39 is 0 Å². The highest BCUT2D eigenvalue weighted by molar-refractivity contribution is 5.45. The van der Waals surface area contributed by atoms with Crippen LogP contribution in [0.15, 0.2) is 79.1 Å². The Morgan fingerprint density at radius 3 is 1.67 bits per heavy atom. The van der Waals surface area contributed by atoms with Gasteiger partial charge < -0.3 is 0 Å². The van der Waals surface area contributed by atoms with Gasteiger partial charge >= 0.3 is 0 Å². The summed E-state index contributed by atoms with van der Waals surface area (Å²) in [5.41, 5.74) is 3.00. The Kier molecular flexibility index (Phi) is 3.78. The molecule has 2 heterocycles. The number of nitrogens with zero attached hydrogens (tertiary/aromatic N) is 2. The van der Waals surface area contributed by atoms with Crippen LogP contribution in [-0.4, -0.2) is 9.97 Å². The van der Waals surface area contributed by atoms with Gasteiger partial charge in [0.2, 0.25) is 0 Å². The molecule has 0 radical (unpaired) electrons. The number of benzene rings is 1. The third kappa shape index (κ3) is 2.33. The molecule has 104 valence electrons. The molecule has 0 saturated heterocycles. The Morgan fingerprint density at radius 2 is 1.24 bits per heavy atom. The van der Waals surface area contributed by atoms with E-state index in [1.807, 2.05) is 42.7 Å². The van der Waals surface area contributed by atoms with Crippen molar-refractivity contribution in [3.63, 3.8) is 0 Å². The van der Waals surface area contributed by atoms with Gasteiger partial charge in [-0.1, -0.05) is 49.4 Å². The third-order valence-corrected chi connectivity index (χ3v) is 4.00. The molecule has 0 amide bonds. The molecule has 0 N–H and O–H groups in total. The average molecular weight is 274 g/mol. The Labute approximate surface area is 125 Å². The fourth-order valence-electron chi connectivity index (χ4n) is 2.95. The van der Waals surface area contributed by atoms with Crippen molar-refractivity contribution in [2.24, 2.45) is 0 Å². The molecule has 0 atom stereocenters. The van der Waals surface area contributed by atoms with Gasteiger partial charge in [-0.15, -0.1) is 0 Å². The Hall–Kier alpha value is -2.48. The monoisotopic (exact) mass is 274 g/mol. The molecular formula is C19H18N2. The van der Waals surface area contributed by atoms with E-state index in [9.17, 15) is 0 Å². The van der Waals surface area contributed by atoms with E-state index >= 15 is 0 Å². The van der Waals surface area contributed by atoms with Crippen LogP contribution in [0.1, 0.15) is 30.3 Å². The molecule has 0 spiro atoms. The molecule has 0 fully saturated rings. The van der Waals surface area contributed by atoms with Crippen LogP contribution in [-0.2, 0) is 5.41 Å². The lowest BCUT2D eigenvalue weighted by atomic mass is 9.72. The highest BCUT2D eigenvalue weighted by Crippen LogP contribution is 2.39. The van der Waals surface area contributed by atoms with E-state index in [1.54, 1.807) is 0 Å². The molecule has 3 aromatic rings. The number of rotatable bonds is 4. The van der Waals surface area contributed by atoms with Crippen molar-refractivity contribution in [2.45, 2.75) is 18.8 Å². The van der Waals surface area contributed by atoms with E-state index in [0.717, 1.165) is 17.8 Å². The maximum atomic E-state index is 4.63. The van der Waals surface area contributed by atoms with Crippen molar-refractivity contribution in [1.29, 1.82) is 0 Å². The molecule has 2 aromatic heterocycles. The van der Waals surface area contributed by atoms with Crippen molar-refractivity contribution < 1.29 is 0 Å². The highest BCUT2D eigenvalue weighted by atomic mass is 14.8. The standard InChI is InChI=1S/C19H18N2/c1-2-19(16-10-4-3-5-11-16,17-12-6-8-14-20-17)18-13-7-9-15-21-18/h3-15H,2H2,1H3. The van der Waals surface area contributed by atoms with Crippen molar-refractivity contribution >= 4 is 0 Å². The number of aromatic nitrogens is 2. The lowest BCUT2D eigenvalue weighted by molar-refractivity contribution is 0.557. The summed E-state index contributed by atoms with van der Waals surface area (Å²) in [6.07, 6.45) is 4.61. The van der Waals surface area contributed by atoms with Crippen molar-refractivity contribution in [3.8, 4) is 0 Å². The maximum Gasteiger partial charge on any atom is 0.0793 e. The van der Waals surface area contributed by atoms with Gasteiger partial charge in [0.15, 0.2) is 0 Å². The lowest BCUT2D eigenvalue weighted by Crippen LogP contribution is -2.30. The zero-order valence-electron chi connectivity index (χ0n) is 12.1. The Balaban J connectivity index is 2.29. The van der Waals surface area contributed by atoms with Crippen LogP contribution >= 0.6 is 0 Å². The van der Waals surface area contributed by atoms with Crippen LogP contribution in [0, 0.1) is 0 Å². The second-order valence-corrected chi connectivity index (χ2v) is 5.05. The fraction of sp³-hybridized carbons (Fsp3) is 0.158. The maximum absolute atomic E-state index is 4.63. The molecule has 0 aliphatic rings. The number of hydrogen-bond acceptors (Lipinski definition) is 2. The van der Waals surface area contributed by atoms with Crippen LogP contribution < -0.4 is 0 Å². The molecular weight excluding hydrogens is 256 g/mol. The van der Waals surface area contributed by atoms with Gasteiger partial charge in [-0.25, -0.2) is 0 Å². The van der Waals surface area contributed by atoms with Gasteiger partial charge in [0.1, 0.15) is 0 Å². The molecule has 3 rings (SSSR count). The first kappa shape index (κ1) is 13.5. The zero-order valence-corrected chi connectivity index (χ0v) is 12.1. The first-order chi connectivity index (χ1) is 10.4. The molecule has 0 aliphatic carbocycles. The Bertz CT molecular complexity index is 582. The van der Waals surface area contributed by atoms with Gasteiger partial charge in [0, 0.05) is 12.4 Å². The van der Waals surface area contributed by atoms with Crippen molar-refractivity contribution in [2.75, 3.05) is 0 Å². The van der Waals surface area contributed by atoms with Crippen LogP contribution in [0.25, 0.3) is 0 Å². The SMILES string of the molecule is CCC(c1ccccc1)(c1ccccn1)c1ccccn1. The van der Waals surface area contributed by atoms with E-state index in [0.29, 0.717) is 0 Å². The lowest BCUT2D eigenvalue weighted by Gasteiger charge is -2.32. The molecule has 0 unspecified atom stereocenters. The third-order valence-electron chi connectivity index (χ3n) is 4.00. The van der Waals surface area contributed by atoms with Crippen molar-refractivity contribution in [1.82, 2.24) is 9.97 Å². The second kappa shape index (κ2) is 5.88. The second-order valence-electron chi connectivity index (χ2n) is 5.05. The molecule has 0 aliphatic heterocycles. The first-order valence-electron chi connectivity index (χ1n) is 7.26. The summed E-state index contributed by atoms with van der Waals surface area (Å²) in [5, 5.41) is 0. The summed E-state index contributed by atoms with van der Waals surface area (Å²) in [4.78, 5) is 9.27. The van der Waals surface area contributed by atoms with E-state index in [1.165, 1.54) is 5.56 Å². The first-order valence-corrected chi connectivity index (χ1v) is 7.26. The quantitative estimate of drug-likeness (QED) is 0.712. The minimum Gasteiger partial charge on any atom is -0.260 e. The summed E-state index contributed by atoms with van der Waals surface area (Å²) in [6, 6.07) is 22.7. The van der Waals surface area contributed by atoms with Gasteiger partial charge in [0.05, 0.1) is 16.8 Å². The topological polar surface area (TPSA) is 25.8 Å². The Morgan fingerprint density at radius 1 is 0.714 bits per heavy atom. The minimum absolute atomic E-state index is 0.302. The van der Waals surface area contributed by atoms with Gasteiger partial charge in [-0.2, -0.15) is 0 Å². The molecule has 2 nitrogen and oxygen atoms in total. The van der Waals surface area contributed by atoms with Crippen LogP contribution in [0.3, 0.4) is 0 Å². The van der Waals surface area contributed by atoms with Crippen LogP contribution in [0.5, 0.6) is 0 Å². The molecule has 2 heteroatoms. The minimum atomic E-state index is -0.302. The number of hydrogen-bond donors (Lipinski definition) is 0. The summed E-state index contributed by atoms with van der Waals surface area (Å²) >= 11 is 0. The van der Waals surface area contributed by atoms with Gasteiger partial charge in [-0.05, 0) is 36.2 Å². The van der Waals surface area contributed by atoms with Crippen molar-refractivity contribution in [3.05, 3.63) is 96.1 Å². The summed E-state index contributed by atoms with van der Waals surface area (Å²) in [7, 11) is 0. The summed E-state index contributed by atoms with van der Waals surface area (Å²) in [5.74, 6) is 0. The molecule has 0 bridgehead atoms. The van der Waals surface area contributed by atoms with Gasteiger partial charge in [-0.3, -0.25) is 9.97 Å². The summed E-state index contributed by atoms with van der Waals surface area (Å²) < 4.78 is 0. The fourth-order valence-corrected chi connectivity index (χ4v) is 2.95. The largest absolute Gasteiger partial charge is 0.260 e. The van der Waals surface area contributed by atoms with E-state index in [4.69, 9.17) is 0 Å². The zero-order chi connectivity index (χ0) is 14.5. The van der Waals surface area contributed by atoms with Crippen LogP contribution in [0.4, 0.5) is 0 Å².